The molecule has 4 rings (SSSR count). The van der Waals surface area contributed by atoms with Crippen molar-refractivity contribution in [2.45, 2.75) is 65.2 Å². The van der Waals surface area contributed by atoms with Crippen molar-refractivity contribution in [2.24, 2.45) is 0 Å². The molecule has 148 valence electrons. The van der Waals surface area contributed by atoms with E-state index in [-0.39, 0.29) is 0 Å². The quantitative estimate of drug-likeness (QED) is 0.512. The first kappa shape index (κ1) is 18.9. The van der Waals surface area contributed by atoms with Gasteiger partial charge >= 0.3 is 0 Å². The van der Waals surface area contributed by atoms with Gasteiger partial charge in [0.25, 0.3) is 0 Å². The van der Waals surface area contributed by atoms with Crippen molar-refractivity contribution in [1.82, 2.24) is 5.32 Å². The lowest BCUT2D eigenvalue weighted by atomic mass is 9.75. The number of aryl methyl sites for hydroxylation is 2. The molecule has 0 radical (unpaired) electrons. The SMILES string of the molecule is CCNC(=C1CCC1)c1c(C)cc(Nc2ccc(C)cc2N)cc1C1CCC1. The van der Waals surface area contributed by atoms with Crippen molar-refractivity contribution in [3.8, 4) is 0 Å². The Balaban J connectivity index is 1.75. The Labute approximate surface area is 169 Å². The van der Waals surface area contributed by atoms with E-state index in [0.29, 0.717) is 5.92 Å². The Morgan fingerprint density at radius 2 is 1.86 bits per heavy atom. The average Bonchev–Trinajstić information content (AvgIpc) is 2.54. The Morgan fingerprint density at radius 1 is 1.07 bits per heavy atom. The molecule has 0 saturated heterocycles. The fraction of sp³-hybridized carbons (Fsp3) is 0.440. The highest BCUT2D eigenvalue weighted by molar-refractivity contribution is 5.79. The summed E-state index contributed by atoms with van der Waals surface area (Å²) in [5, 5.41) is 7.29. The molecule has 2 aromatic carbocycles. The standard InChI is InChI=1S/C25H33N3/c1-4-27-25(19-9-6-10-19)24-17(3)14-20(15-21(24)18-7-5-8-18)28-23-12-11-16(2)13-22(23)26/h11-15,18,27-28H,4-10,26H2,1-3H3. The van der Waals surface area contributed by atoms with Gasteiger partial charge in [0.2, 0.25) is 0 Å². The maximum absolute atomic E-state index is 6.25. The summed E-state index contributed by atoms with van der Waals surface area (Å²) in [5.74, 6) is 0.681. The molecule has 28 heavy (non-hydrogen) atoms. The minimum absolute atomic E-state index is 0.681. The zero-order valence-electron chi connectivity index (χ0n) is 17.5. The molecule has 2 aliphatic rings. The van der Waals surface area contributed by atoms with Gasteiger partial charge in [0.15, 0.2) is 0 Å². The van der Waals surface area contributed by atoms with Crippen LogP contribution < -0.4 is 16.4 Å². The van der Waals surface area contributed by atoms with Gasteiger partial charge in [-0.15, -0.1) is 0 Å². The number of hydrogen-bond donors (Lipinski definition) is 3. The van der Waals surface area contributed by atoms with E-state index in [9.17, 15) is 0 Å². The fourth-order valence-electron chi connectivity index (χ4n) is 4.39. The molecule has 0 unspecified atom stereocenters. The molecule has 0 aliphatic heterocycles. The summed E-state index contributed by atoms with van der Waals surface area (Å²) < 4.78 is 0. The van der Waals surface area contributed by atoms with Crippen molar-refractivity contribution >= 4 is 22.8 Å². The molecule has 0 bridgehead atoms. The van der Waals surface area contributed by atoms with E-state index >= 15 is 0 Å². The first-order valence-corrected chi connectivity index (χ1v) is 10.8. The number of nitrogens with one attached hydrogen (secondary N) is 2. The molecule has 3 nitrogen and oxygen atoms in total. The van der Waals surface area contributed by atoms with E-state index in [1.807, 2.05) is 6.07 Å². The van der Waals surface area contributed by atoms with Gasteiger partial charge in [0, 0.05) is 23.5 Å². The van der Waals surface area contributed by atoms with Crippen LogP contribution in [0.1, 0.15) is 73.6 Å². The predicted molar refractivity (Wildman–Crippen MR) is 121 cm³/mol. The Morgan fingerprint density at radius 3 is 2.43 bits per heavy atom. The van der Waals surface area contributed by atoms with Crippen molar-refractivity contribution < 1.29 is 0 Å². The van der Waals surface area contributed by atoms with Crippen molar-refractivity contribution in [1.29, 1.82) is 0 Å². The van der Waals surface area contributed by atoms with Crippen molar-refractivity contribution in [2.75, 3.05) is 17.6 Å². The smallest absolute Gasteiger partial charge is 0.0618 e. The molecule has 4 N–H and O–H groups in total. The maximum Gasteiger partial charge on any atom is 0.0618 e. The first-order valence-electron chi connectivity index (χ1n) is 10.8. The maximum atomic E-state index is 6.25. The molecule has 0 spiro atoms. The minimum Gasteiger partial charge on any atom is -0.397 e. The van der Waals surface area contributed by atoms with Crippen LogP contribution >= 0.6 is 0 Å². The van der Waals surface area contributed by atoms with Crippen LogP contribution in [0.5, 0.6) is 0 Å². The third kappa shape index (κ3) is 3.63. The van der Waals surface area contributed by atoms with E-state index in [0.717, 1.165) is 23.6 Å². The largest absolute Gasteiger partial charge is 0.397 e. The molecule has 0 amide bonds. The molecule has 0 aromatic heterocycles. The lowest BCUT2D eigenvalue weighted by molar-refractivity contribution is 0.419. The number of anilines is 3. The second-order valence-electron chi connectivity index (χ2n) is 8.46. The van der Waals surface area contributed by atoms with Crippen LogP contribution in [0.25, 0.3) is 5.70 Å². The normalized spacial score (nSPS) is 16.3. The van der Waals surface area contributed by atoms with Crippen LogP contribution in [0.15, 0.2) is 35.9 Å². The zero-order chi connectivity index (χ0) is 19.7. The van der Waals surface area contributed by atoms with Crippen molar-refractivity contribution in [3.63, 3.8) is 0 Å². The molecule has 0 atom stereocenters. The summed E-state index contributed by atoms with van der Waals surface area (Å²) >= 11 is 0. The van der Waals surface area contributed by atoms with Crippen LogP contribution in [0, 0.1) is 13.8 Å². The Bertz CT molecular complexity index is 900. The third-order valence-electron chi connectivity index (χ3n) is 6.31. The van der Waals surface area contributed by atoms with E-state index in [1.165, 1.54) is 66.5 Å². The molecular formula is C25H33N3. The summed E-state index contributed by atoms with van der Waals surface area (Å²) in [4.78, 5) is 0. The van der Waals surface area contributed by atoms with Gasteiger partial charge in [0.05, 0.1) is 11.4 Å². The predicted octanol–water partition coefficient (Wildman–Crippen LogP) is 6.40. The first-order chi connectivity index (χ1) is 13.6. The summed E-state index contributed by atoms with van der Waals surface area (Å²) in [5.41, 5.74) is 17.7. The minimum atomic E-state index is 0.681. The Kier molecular flexibility index (Phi) is 5.34. The van der Waals surface area contributed by atoms with Gasteiger partial charge in [-0.05, 0) is 105 Å². The molecular weight excluding hydrogens is 342 g/mol. The van der Waals surface area contributed by atoms with Crippen LogP contribution in [0.3, 0.4) is 0 Å². The van der Waals surface area contributed by atoms with Crippen LogP contribution in [-0.2, 0) is 0 Å². The number of nitrogen functional groups attached to an aromatic ring is 1. The lowest BCUT2D eigenvalue weighted by Crippen LogP contribution is -2.21. The highest BCUT2D eigenvalue weighted by Gasteiger charge is 2.27. The Hall–Kier alpha value is -2.42. The number of hydrogen-bond acceptors (Lipinski definition) is 3. The van der Waals surface area contributed by atoms with E-state index in [2.05, 4.69) is 55.7 Å². The number of nitrogens with two attached hydrogens (primary N) is 1. The van der Waals surface area contributed by atoms with Gasteiger partial charge in [-0.25, -0.2) is 0 Å². The summed E-state index contributed by atoms with van der Waals surface area (Å²) in [6.45, 7) is 7.51. The zero-order valence-corrected chi connectivity index (χ0v) is 17.5. The number of rotatable bonds is 6. The van der Waals surface area contributed by atoms with Gasteiger partial charge < -0.3 is 16.4 Å². The topological polar surface area (TPSA) is 50.1 Å². The van der Waals surface area contributed by atoms with E-state index < -0.39 is 0 Å². The highest BCUT2D eigenvalue weighted by atomic mass is 14.9. The number of allylic oxidation sites excluding steroid dienone is 1. The summed E-state index contributed by atoms with van der Waals surface area (Å²) in [6, 6.07) is 10.9. The molecule has 2 aromatic rings. The van der Waals surface area contributed by atoms with Gasteiger partial charge in [-0.1, -0.05) is 12.5 Å². The third-order valence-corrected chi connectivity index (χ3v) is 6.31. The lowest BCUT2D eigenvalue weighted by Gasteiger charge is -2.32. The second-order valence-corrected chi connectivity index (χ2v) is 8.46. The van der Waals surface area contributed by atoms with Crippen LogP contribution in [-0.4, -0.2) is 6.54 Å². The van der Waals surface area contributed by atoms with Crippen LogP contribution in [0.4, 0.5) is 17.1 Å². The monoisotopic (exact) mass is 375 g/mol. The molecule has 2 aliphatic carbocycles. The summed E-state index contributed by atoms with van der Waals surface area (Å²) in [7, 11) is 0. The van der Waals surface area contributed by atoms with Gasteiger partial charge in [0.1, 0.15) is 0 Å². The van der Waals surface area contributed by atoms with Gasteiger partial charge in [-0.2, -0.15) is 0 Å². The van der Waals surface area contributed by atoms with Crippen molar-refractivity contribution in [3.05, 3.63) is 58.2 Å². The fourth-order valence-corrected chi connectivity index (χ4v) is 4.39. The van der Waals surface area contributed by atoms with E-state index in [4.69, 9.17) is 5.73 Å². The highest BCUT2D eigenvalue weighted by Crippen LogP contribution is 2.44. The molecule has 0 heterocycles. The van der Waals surface area contributed by atoms with Crippen LogP contribution in [0.2, 0.25) is 0 Å². The summed E-state index contributed by atoms with van der Waals surface area (Å²) in [6.07, 6.45) is 7.76. The average molecular weight is 376 g/mol. The molecule has 2 fully saturated rings. The molecule has 2 saturated carbocycles. The van der Waals surface area contributed by atoms with Gasteiger partial charge in [-0.3, -0.25) is 0 Å². The molecule has 3 heteroatoms. The second kappa shape index (κ2) is 7.90. The number of benzene rings is 2. The van der Waals surface area contributed by atoms with E-state index in [1.54, 1.807) is 5.57 Å².